The van der Waals surface area contributed by atoms with Gasteiger partial charge in [0.15, 0.2) is 0 Å². The number of methoxy groups -OCH3 is 1. The Hall–Kier alpha value is -2.70. The van der Waals surface area contributed by atoms with E-state index in [0.29, 0.717) is 11.3 Å². The molecule has 1 atom stereocenters. The quantitative estimate of drug-likeness (QED) is 0.549. The van der Waals surface area contributed by atoms with Crippen LogP contribution in [0, 0.1) is 16.7 Å². The molecule has 2 saturated carbocycles. The van der Waals surface area contributed by atoms with Gasteiger partial charge in [-0.2, -0.15) is 0 Å². The average Bonchev–Trinajstić information content (AvgIpc) is 3.55. The van der Waals surface area contributed by atoms with E-state index in [9.17, 15) is 19.2 Å². The summed E-state index contributed by atoms with van der Waals surface area (Å²) in [5.41, 5.74) is 0.471. The molecular formula is C23H28N2O5. The Morgan fingerprint density at radius 2 is 1.60 bits per heavy atom. The van der Waals surface area contributed by atoms with Crippen LogP contribution in [0.1, 0.15) is 57.3 Å². The van der Waals surface area contributed by atoms with Crippen LogP contribution in [-0.4, -0.2) is 47.8 Å². The Morgan fingerprint density at radius 3 is 2.07 bits per heavy atom. The molecule has 7 heteroatoms. The van der Waals surface area contributed by atoms with E-state index in [1.165, 1.54) is 19.2 Å². The Balaban J connectivity index is 1.58. The minimum atomic E-state index is -0.759. The van der Waals surface area contributed by atoms with Crippen molar-refractivity contribution in [2.75, 3.05) is 12.0 Å². The minimum absolute atomic E-state index is 0.00654. The summed E-state index contributed by atoms with van der Waals surface area (Å²) in [7, 11) is 1.29. The van der Waals surface area contributed by atoms with E-state index in [-0.39, 0.29) is 46.9 Å². The summed E-state index contributed by atoms with van der Waals surface area (Å²) < 4.78 is 4.68. The van der Waals surface area contributed by atoms with Crippen LogP contribution >= 0.6 is 0 Å². The first-order valence-electron chi connectivity index (χ1n) is 10.4. The van der Waals surface area contributed by atoms with Crippen LogP contribution in [0.3, 0.4) is 0 Å². The number of rotatable bonds is 5. The van der Waals surface area contributed by atoms with Crippen molar-refractivity contribution in [1.82, 2.24) is 4.90 Å². The molecule has 1 saturated heterocycles. The second-order valence-electron chi connectivity index (χ2n) is 9.68. The van der Waals surface area contributed by atoms with E-state index in [1.54, 1.807) is 17.0 Å². The van der Waals surface area contributed by atoms with Gasteiger partial charge in [-0.3, -0.25) is 14.4 Å². The van der Waals surface area contributed by atoms with Crippen molar-refractivity contribution >= 4 is 29.4 Å². The monoisotopic (exact) mass is 412 g/mol. The molecule has 1 unspecified atom stereocenters. The van der Waals surface area contributed by atoms with Gasteiger partial charge in [0, 0.05) is 12.0 Å². The van der Waals surface area contributed by atoms with Crippen molar-refractivity contribution in [3.8, 4) is 0 Å². The number of anilines is 1. The highest BCUT2D eigenvalue weighted by atomic mass is 16.5. The lowest BCUT2D eigenvalue weighted by atomic mass is 10.0. The van der Waals surface area contributed by atoms with Crippen molar-refractivity contribution in [3.63, 3.8) is 0 Å². The van der Waals surface area contributed by atoms with E-state index in [0.717, 1.165) is 17.7 Å². The average molecular weight is 412 g/mol. The molecule has 1 aliphatic heterocycles. The SMILES string of the molecule is COC(=O)c1ccc(N2C(=O)CC(N(C(=O)C3C(C)(C)C3(C)C)C3CC3)C2=O)cc1. The molecule has 0 spiro atoms. The molecule has 1 aromatic rings. The largest absolute Gasteiger partial charge is 0.465 e. The van der Waals surface area contributed by atoms with Crippen LogP contribution in [0.4, 0.5) is 5.69 Å². The number of carbonyl (C=O) groups is 4. The molecule has 3 aliphatic rings. The molecule has 2 aliphatic carbocycles. The van der Waals surface area contributed by atoms with Gasteiger partial charge < -0.3 is 9.64 Å². The zero-order valence-electron chi connectivity index (χ0n) is 18.1. The maximum absolute atomic E-state index is 13.4. The Labute approximate surface area is 176 Å². The standard InChI is InChI=1S/C23H28N2O5/c1-22(2)18(23(22,3)4)20(28)24(14-10-11-14)16-12-17(26)25(19(16)27)15-8-6-13(7-9-15)21(29)30-5/h6-9,14,16,18H,10-12H2,1-5H3. The number of hydrogen-bond acceptors (Lipinski definition) is 5. The molecule has 30 heavy (non-hydrogen) atoms. The molecule has 3 fully saturated rings. The highest BCUT2D eigenvalue weighted by Crippen LogP contribution is 2.69. The maximum atomic E-state index is 13.4. The first-order chi connectivity index (χ1) is 14.0. The third kappa shape index (κ3) is 2.94. The van der Waals surface area contributed by atoms with E-state index >= 15 is 0 Å². The fourth-order valence-electron chi connectivity index (χ4n) is 4.87. The first kappa shape index (κ1) is 20.6. The van der Waals surface area contributed by atoms with Gasteiger partial charge in [0.2, 0.25) is 11.8 Å². The van der Waals surface area contributed by atoms with Gasteiger partial charge in [-0.25, -0.2) is 9.69 Å². The van der Waals surface area contributed by atoms with Crippen LogP contribution in [0.25, 0.3) is 0 Å². The third-order valence-electron chi connectivity index (χ3n) is 7.47. The third-order valence-corrected chi connectivity index (χ3v) is 7.47. The van der Waals surface area contributed by atoms with Gasteiger partial charge in [-0.15, -0.1) is 0 Å². The van der Waals surface area contributed by atoms with Crippen molar-refractivity contribution in [2.45, 2.75) is 59.0 Å². The minimum Gasteiger partial charge on any atom is -0.465 e. The van der Waals surface area contributed by atoms with Crippen molar-refractivity contribution < 1.29 is 23.9 Å². The summed E-state index contributed by atoms with van der Waals surface area (Å²) in [5.74, 6) is -1.35. The number of esters is 1. The zero-order valence-corrected chi connectivity index (χ0v) is 18.1. The van der Waals surface area contributed by atoms with Gasteiger partial charge >= 0.3 is 5.97 Å². The van der Waals surface area contributed by atoms with Crippen LogP contribution < -0.4 is 4.90 Å². The van der Waals surface area contributed by atoms with Gasteiger partial charge in [-0.1, -0.05) is 27.7 Å². The normalized spacial score (nSPS) is 24.7. The highest BCUT2D eigenvalue weighted by molar-refractivity contribution is 6.23. The number of nitrogens with zero attached hydrogens (tertiary/aromatic N) is 2. The molecule has 0 bridgehead atoms. The summed E-state index contributed by atoms with van der Waals surface area (Å²) in [5, 5.41) is 0. The lowest BCUT2D eigenvalue weighted by molar-refractivity contribution is -0.141. The van der Waals surface area contributed by atoms with Gasteiger partial charge in [-0.05, 0) is 47.9 Å². The van der Waals surface area contributed by atoms with Crippen molar-refractivity contribution in [3.05, 3.63) is 29.8 Å². The van der Waals surface area contributed by atoms with Crippen LogP contribution in [0.5, 0.6) is 0 Å². The second kappa shape index (κ2) is 6.65. The van der Waals surface area contributed by atoms with Gasteiger partial charge in [0.25, 0.3) is 5.91 Å². The number of imide groups is 1. The molecule has 3 amide bonds. The summed E-state index contributed by atoms with van der Waals surface area (Å²) >= 11 is 0. The lowest BCUT2D eigenvalue weighted by Crippen LogP contribution is -2.48. The molecule has 0 radical (unpaired) electrons. The summed E-state index contributed by atoms with van der Waals surface area (Å²) in [6.45, 7) is 8.32. The molecule has 7 nitrogen and oxygen atoms in total. The molecule has 1 heterocycles. The fourth-order valence-corrected chi connectivity index (χ4v) is 4.87. The predicted octanol–water partition coefficient (Wildman–Crippen LogP) is 2.78. The number of ether oxygens (including phenoxy) is 1. The molecular weight excluding hydrogens is 384 g/mol. The van der Waals surface area contributed by atoms with E-state index < -0.39 is 12.0 Å². The van der Waals surface area contributed by atoms with E-state index in [1.807, 2.05) is 0 Å². The summed E-state index contributed by atoms with van der Waals surface area (Å²) in [6.07, 6.45) is 1.73. The summed E-state index contributed by atoms with van der Waals surface area (Å²) in [4.78, 5) is 53.9. The Morgan fingerprint density at radius 1 is 1.03 bits per heavy atom. The number of amides is 3. The van der Waals surface area contributed by atoms with Crippen LogP contribution in [-0.2, 0) is 19.1 Å². The van der Waals surface area contributed by atoms with Crippen molar-refractivity contribution in [2.24, 2.45) is 16.7 Å². The molecule has 0 N–H and O–H groups in total. The number of carbonyl (C=O) groups excluding carboxylic acids is 4. The Kier molecular flexibility index (Phi) is 4.56. The molecule has 0 aromatic heterocycles. The molecule has 1 aromatic carbocycles. The predicted molar refractivity (Wildman–Crippen MR) is 110 cm³/mol. The molecule has 4 rings (SSSR count). The number of hydrogen-bond donors (Lipinski definition) is 0. The maximum Gasteiger partial charge on any atom is 0.337 e. The fraction of sp³-hybridized carbons (Fsp3) is 0.565. The van der Waals surface area contributed by atoms with Crippen molar-refractivity contribution in [1.29, 1.82) is 0 Å². The van der Waals surface area contributed by atoms with Gasteiger partial charge in [0.1, 0.15) is 6.04 Å². The Bertz CT molecular complexity index is 915. The second-order valence-corrected chi connectivity index (χ2v) is 9.68. The number of benzene rings is 1. The topological polar surface area (TPSA) is 84.0 Å². The van der Waals surface area contributed by atoms with Gasteiger partial charge in [0.05, 0.1) is 24.8 Å². The van der Waals surface area contributed by atoms with Crippen LogP contribution in [0.15, 0.2) is 24.3 Å². The van der Waals surface area contributed by atoms with E-state index in [4.69, 9.17) is 0 Å². The summed E-state index contributed by atoms with van der Waals surface area (Å²) in [6, 6.07) is 5.43. The zero-order chi connectivity index (χ0) is 22.0. The van der Waals surface area contributed by atoms with E-state index in [2.05, 4.69) is 32.4 Å². The first-order valence-corrected chi connectivity index (χ1v) is 10.4. The molecule has 160 valence electrons. The lowest BCUT2D eigenvalue weighted by Gasteiger charge is -2.28. The highest BCUT2D eigenvalue weighted by Gasteiger charge is 2.70. The smallest absolute Gasteiger partial charge is 0.337 e. The van der Waals surface area contributed by atoms with Crippen LogP contribution in [0.2, 0.25) is 0 Å².